The van der Waals surface area contributed by atoms with Crippen LogP contribution >= 0.6 is 0 Å². The number of nitrogens with zero attached hydrogens (tertiary/aromatic N) is 12. The Morgan fingerprint density at radius 2 is 0.552 bits per heavy atom. The topological polar surface area (TPSA) is 458 Å². The zero-order valence-corrected chi connectivity index (χ0v) is 55.5. The van der Waals surface area contributed by atoms with Gasteiger partial charge < -0.3 is 56.1 Å². The highest BCUT2D eigenvalue weighted by Gasteiger charge is 2.24. The number of nitrogens with one attached hydrogen (secondary N) is 3. The number of aromatic nitrogens is 4. The Kier molecular flexibility index (Phi) is 43.4. The molecule has 0 atom stereocenters. The zero-order chi connectivity index (χ0) is 70.3. The van der Waals surface area contributed by atoms with Crippen LogP contribution in [0.25, 0.3) is 0 Å². The Morgan fingerprint density at radius 1 is 0.281 bits per heavy atom. The molecule has 2 aliphatic rings. The maximum Gasteiger partial charge on any atom is 0.317 e. The number of Topliss-reactive ketones (excluding diaryl/α,β-unsaturated/α-hetero) is 3. The van der Waals surface area contributed by atoms with E-state index < -0.39 is 35.8 Å². The average molecular weight is 1370 g/mol. The van der Waals surface area contributed by atoms with Gasteiger partial charge in [-0.1, -0.05) is 0 Å². The predicted octanol–water partition coefficient (Wildman–Crippen LogP) is -3.15. The molecule has 3 heterocycles. The SMILES string of the molecule is O=C(O)CN1CCN(CC(=O)O)CCN(CC(=O)CCCOCCCC(=O)CCCC(=O)CCCCc2nnc(CCCNC(=O)CCCC(=O)NCCOCCNC(=O)CN3CCN(CC(=O)O)CCN(CC(=O)O)CCN(CC(=O)O)CC3)nn2)CCN(CC(=O)O)CC1. The highest BCUT2D eigenvalue weighted by atomic mass is 16.5. The summed E-state index contributed by atoms with van der Waals surface area (Å²) in [6, 6.07) is 0. The third-order valence-electron chi connectivity index (χ3n) is 15.7. The molecule has 2 fully saturated rings. The van der Waals surface area contributed by atoms with Gasteiger partial charge in [0.1, 0.15) is 17.3 Å². The van der Waals surface area contributed by atoms with E-state index in [-0.39, 0.29) is 198 Å². The molecule has 0 radical (unpaired) electrons. The Hall–Kier alpha value is -7.22. The summed E-state index contributed by atoms with van der Waals surface area (Å²) in [4.78, 5) is 158. The second-order valence-electron chi connectivity index (χ2n) is 23.9. The van der Waals surface area contributed by atoms with E-state index in [1.807, 2.05) is 9.80 Å². The van der Waals surface area contributed by atoms with Gasteiger partial charge in [-0.25, -0.2) is 0 Å². The summed E-state index contributed by atoms with van der Waals surface area (Å²) in [5, 5.41) is 81.4. The van der Waals surface area contributed by atoms with Crippen molar-refractivity contribution in [1.82, 2.24) is 75.5 Å². The van der Waals surface area contributed by atoms with Gasteiger partial charge in [0.05, 0.1) is 65.6 Å². The summed E-state index contributed by atoms with van der Waals surface area (Å²) in [5.41, 5.74) is 0. The molecule has 0 spiro atoms. The van der Waals surface area contributed by atoms with Crippen molar-refractivity contribution < 1.29 is 97.6 Å². The van der Waals surface area contributed by atoms with Crippen molar-refractivity contribution in [3.63, 3.8) is 0 Å². The van der Waals surface area contributed by atoms with Gasteiger partial charge in [0.25, 0.3) is 0 Å². The molecule has 9 N–H and O–H groups in total. The summed E-state index contributed by atoms with van der Waals surface area (Å²) in [6.45, 7) is 4.98. The average Bonchev–Trinajstić information content (AvgIpc) is 1.55. The fraction of sp³-hybridized carbons (Fsp3) is 0.770. The largest absolute Gasteiger partial charge is 0.480 e. The van der Waals surface area contributed by atoms with Crippen LogP contribution in [0.3, 0.4) is 0 Å². The predicted molar refractivity (Wildman–Crippen MR) is 343 cm³/mol. The molecule has 3 rings (SSSR count). The zero-order valence-electron chi connectivity index (χ0n) is 55.5. The van der Waals surface area contributed by atoms with Crippen LogP contribution < -0.4 is 16.0 Å². The molecule has 0 bridgehead atoms. The normalized spacial score (nSPS) is 16.2. The highest BCUT2D eigenvalue weighted by Crippen LogP contribution is 2.10. The molecule has 1 aromatic heterocycles. The first-order valence-corrected chi connectivity index (χ1v) is 33.2. The number of carboxylic acid groups (broad SMARTS) is 6. The molecule has 96 heavy (non-hydrogen) atoms. The van der Waals surface area contributed by atoms with E-state index in [9.17, 15) is 88.2 Å². The molecule has 0 aliphatic carbocycles. The Bertz CT molecular complexity index is 2330. The quantitative estimate of drug-likeness (QED) is 0.0291. The number of carbonyl (C=O) groups excluding carboxylic acids is 6. The van der Waals surface area contributed by atoms with E-state index in [4.69, 9.17) is 9.47 Å². The first-order valence-electron chi connectivity index (χ1n) is 33.2. The third kappa shape index (κ3) is 43.8. The summed E-state index contributed by atoms with van der Waals surface area (Å²) < 4.78 is 11.2. The van der Waals surface area contributed by atoms with Crippen molar-refractivity contribution in [2.24, 2.45) is 0 Å². The fourth-order valence-electron chi connectivity index (χ4n) is 10.5. The van der Waals surface area contributed by atoms with Crippen LogP contribution in [0, 0.1) is 0 Å². The van der Waals surface area contributed by atoms with Gasteiger partial charge in [0, 0.05) is 195 Å². The number of amides is 3. The Morgan fingerprint density at radius 3 is 0.917 bits per heavy atom. The smallest absolute Gasteiger partial charge is 0.317 e. The van der Waals surface area contributed by atoms with Gasteiger partial charge in [-0.15, -0.1) is 20.4 Å². The minimum atomic E-state index is -1.05. The summed E-state index contributed by atoms with van der Waals surface area (Å²) in [6.07, 6.45) is 6.32. The lowest BCUT2D eigenvalue weighted by atomic mass is 10.0. The third-order valence-corrected chi connectivity index (χ3v) is 15.7. The first kappa shape index (κ1) is 83.0. The summed E-state index contributed by atoms with van der Waals surface area (Å²) >= 11 is 0. The van der Waals surface area contributed by atoms with E-state index >= 15 is 0 Å². The molecule has 3 amide bonds. The van der Waals surface area contributed by atoms with Crippen molar-refractivity contribution in [2.45, 2.75) is 103 Å². The number of unbranched alkanes of at least 4 members (excludes halogenated alkanes) is 1. The molecule has 2 saturated heterocycles. The molecule has 1 aromatic rings. The van der Waals surface area contributed by atoms with Gasteiger partial charge in [-0.05, 0) is 44.9 Å². The lowest BCUT2D eigenvalue weighted by molar-refractivity contribution is -0.140. The molecule has 542 valence electrons. The van der Waals surface area contributed by atoms with E-state index in [0.717, 1.165) is 0 Å². The van der Waals surface area contributed by atoms with Crippen LogP contribution in [0.4, 0.5) is 0 Å². The second-order valence-corrected chi connectivity index (χ2v) is 23.9. The van der Waals surface area contributed by atoms with E-state index in [0.29, 0.717) is 154 Å². The summed E-state index contributed by atoms with van der Waals surface area (Å²) in [5.74, 6) is -6.06. The van der Waals surface area contributed by atoms with E-state index in [1.54, 1.807) is 29.4 Å². The van der Waals surface area contributed by atoms with Gasteiger partial charge in [0.2, 0.25) is 17.7 Å². The van der Waals surface area contributed by atoms with Crippen LogP contribution in [0.5, 0.6) is 0 Å². The van der Waals surface area contributed by atoms with Gasteiger partial charge >= 0.3 is 35.8 Å². The number of hydrogen-bond acceptors (Lipinski definition) is 26. The fourth-order valence-corrected chi connectivity index (χ4v) is 10.5. The number of aliphatic carboxylic acids is 6. The van der Waals surface area contributed by atoms with Crippen LogP contribution in [0.15, 0.2) is 0 Å². The number of ketones is 3. The minimum absolute atomic E-state index is 0.0325. The van der Waals surface area contributed by atoms with E-state index in [1.165, 1.54) is 0 Å². The Labute approximate surface area is 559 Å². The number of hydrogen-bond donors (Lipinski definition) is 9. The van der Waals surface area contributed by atoms with Crippen molar-refractivity contribution >= 4 is 70.9 Å². The monoisotopic (exact) mass is 1370 g/mol. The molecule has 0 aromatic carbocycles. The minimum Gasteiger partial charge on any atom is -0.480 e. The molecular weight excluding hydrogens is 1260 g/mol. The lowest BCUT2D eigenvalue weighted by Gasteiger charge is -2.32. The van der Waals surface area contributed by atoms with E-state index in [2.05, 4.69) is 36.3 Å². The van der Waals surface area contributed by atoms with Crippen LogP contribution in [-0.4, -0.2) is 364 Å². The van der Waals surface area contributed by atoms with Gasteiger partial charge in [-0.2, -0.15) is 0 Å². The Balaban J connectivity index is 1.17. The number of rotatable bonds is 47. The van der Waals surface area contributed by atoms with Crippen LogP contribution in [-0.2, 0) is 79.8 Å². The lowest BCUT2D eigenvalue weighted by Crippen LogP contribution is -2.50. The standard InChI is InChI=1S/C61H103N15O20/c77-48(9-3-10-49(78)11-6-36-95-37-7-12-50(79)40-69-20-24-71(42-56(83)84)28-32-75(46-60(91)92)33-29-72(25-21-69)43-57(85)86)8-1-2-13-51-65-67-52(68-66-51)14-5-17-62-53(80)15-4-16-54(81)63-18-38-96-39-19-64-55(82)41-70-22-26-73(44-58(87)88)30-34-76(47-61(93)94)35-31-74(27-23-70)45-59(89)90/h1-47H2,(H,62,80)(H,63,81)(H,64,82)(H,83,84)(H,85,86)(H,87,88)(H,89,90)(H,91,92)(H,93,94). The number of ether oxygens (including phenoxy) is 2. The summed E-state index contributed by atoms with van der Waals surface area (Å²) in [7, 11) is 0. The number of aryl methyl sites for hydroxylation is 2. The number of carbonyl (C=O) groups is 12. The van der Waals surface area contributed by atoms with Crippen molar-refractivity contribution in [1.29, 1.82) is 0 Å². The highest BCUT2D eigenvalue weighted by molar-refractivity contribution is 5.82. The van der Waals surface area contributed by atoms with Crippen LogP contribution in [0.1, 0.15) is 102 Å². The van der Waals surface area contributed by atoms with Crippen molar-refractivity contribution in [2.75, 3.05) is 203 Å². The maximum absolute atomic E-state index is 13.0. The van der Waals surface area contributed by atoms with Crippen molar-refractivity contribution in [3.05, 3.63) is 11.6 Å². The molecule has 2 aliphatic heterocycles. The molecule has 35 heteroatoms. The molecule has 0 unspecified atom stereocenters. The molecule has 35 nitrogen and oxygen atoms in total. The number of carboxylic acids is 6. The second kappa shape index (κ2) is 50.2. The molecular formula is C61H103N15O20. The maximum atomic E-state index is 13.0. The van der Waals surface area contributed by atoms with Crippen molar-refractivity contribution in [3.8, 4) is 0 Å². The van der Waals surface area contributed by atoms with Crippen LogP contribution in [0.2, 0.25) is 0 Å². The van der Waals surface area contributed by atoms with Gasteiger partial charge in [-0.3, -0.25) is 96.7 Å². The first-order chi connectivity index (χ1) is 46.0. The molecule has 0 saturated carbocycles. The van der Waals surface area contributed by atoms with Gasteiger partial charge in [0.15, 0.2) is 11.6 Å².